The zero-order chi connectivity index (χ0) is 5.98. The molecule has 1 heterocycles. The van der Waals surface area contributed by atoms with Crippen molar-refractivity contribution < 1.29 is 4.74 Å². The largest absolute Gasteiger partial charge is 0.464 e. The fraction of sp³-hybridized carbons (Fsp3) is 0.600. The van der Waals surface area contributed by atoms with Crippen molar-refractivity contribution in [1.29, 1.82) is 0 Å². The number of hydrogen-bond donors (Lipinski definition) is 1. The van der Waals surface area contributed by atoms with Crippen LogP contribution in [0.25, 0.3) is 0 Å². The highest BCUT2D eigenvalue weighted by atomic mass is 16.5. The van der Waals surface area contributed by atoms with Crippen LogP contribution in [0.15, 0.2) is 12.5 Å². The summed E-state index contributed by atoms with van der Waals surface area (Å²) < 4.78 is 5.01. The van der Waals surface area contributed by atoms with Gasteiger partial charge in [-0.2, -0.15) is 0 Å². The molecule has 1 saturated heterocycles. The van der Waals surface area contributed by atoms with E-state index in [2.05, 4.69) is 11.9 Å². The number of rotatable bonds is 0. The average Bonchev–Trinajstić information content (AvgIpc) is 1.77. The second-order valence-electron chi connectivity index (χ2n) is 1.79. The van der Waals surface area contributed by atoms with Crippen LogP contribution in [-0.4, -0.2) is 25.3 Å². The number of nitrogens with zero attached hydrogens (tertiary/aromatic N) is 1. The number of nitrogens with one attached hydrogen (secondary N) is 1. The summed E-state index contributed by atoms with van der Waals surface area (Å²) in [5.74, 6) is 0.740. The molecule has 0 bridgehead atoms. The standard InChI is InChI=1S/C5H10N2O/c1-5-7(2)3-6-4-8-5/h6H,1,3-4H2,2H3. The second kappa shape index (κ2) is 2.05. The maximum Gasteiger partial charge on any atom is 0.184 e. The highest BCUT2D eigenvalue weighted by molar-refractivity contribution is 4.81. The third-order valence-electron chi connectivity index (χ3n) is 1.12. The van der Waals surface area contributed by atoms with Gasteiger partial charge in [-0.15, -0.1) is 0 Å². The number of ether oxygens (including phenoxy) is 1. The fourth-order valence-electron chi connectivity index (χ4n) is 0.546. The van der Waals surface area contributed by atoms with Crippen LogP contribution in [0.3, 0.4) is 0 Å². The Kier molecular flexibility index (Phi) is 1.39. The van der Waals surface area contributed by atoms with E-state index in [4.69, 9.17) is 4.74 Å². The molecule has 46 valence electrons. The van der Waals surface area contributed by atoms with Gasteiger partial charge in [-0.1, -0.05) is 0 Å². The van der Waals surface area contributed by atoms with Gasteiger partial charge in [0, 0.05) is 7.05 Å². The monoisotopic (exact) mass is 114 g/mol. The highest BCUT2D eigenvalue weighted by Gasteiger charge is 2.06. The van der Waals surface area contributed by atoms with Gasteiger partial charge in [0.15, 0.2) is 5.88 Å². The molecule has 0 saturated carbocycles. The first kappa shape index (κ1) is 5.44. The summed E-state index contributed by atoms with van der Waals surface area (Å²) >= 11 is 0. The average molecular weight is 114 g/mol. The van der Waals surface area contributed by atoms with E-state index in [0.29, 0.717) is 6.73 Å². The van der Waals surface area contributed by atoms with E-state index in [1.165, 1.54) is 0 Å². The minimum absolute atomic E-state index is 0.586. The molecule has 0 radical (unpaired) electrons. The second-order valence-corrected chi connectivity index (χ2v) is 1.79. The van der Waals surface area contributed by atoms with Gasteiger partial charge in [0.1, 0.15) is 6.73 Å². The molecule has 8 heavy (non-hydrogen) atoms. The van der Waals surface area contributed by atoms with Crippen molar-refractivity contribution in [2.45, 2.75) is 0 Å². The molecule has 3 heteroatoms. The minimum atomic E-state index is 0.586. The molecule has 1 fully saturated rings. The van der Waals surface area contributed by atoms with E-state index in [0.717, 1.165) is 12.6 Å². The van der Waals surface area contributed by atoms with E-state index in [9.17, 15) is 0 Å². The molecule has 3 nitrogen and oxygen atoms in total. The summed E-state index contributed by atoms with van der Waals surface area (Å²) in [7, 11) is 1.93. The maximum absolute atomic E-state index is 5.01. The van der Waals surface area contributed by atoms with Gasteiger partial charge >= 0.3 is 0 Å². The van der Waals surface area contributed by atoms with Gasteiger partial charge in [0.05, 0.1) is 6.67 Å². The van der Waals surface area contributed by atoms with E-state index < -0.39 is 0 Å². The van der Waals surface area contributed by atoms with Crippen molar-refractivity contribution in [2.24, 2.45) is 0 Å². The first-order valence-electron chi connectivity index (χ1n) is 2.54. The van der Waals surface area contributed by atoms with Crippen LogP contribution >= 0.6 is 0 Å². The normalized spacial score (nSPS) is 20.6. The third kappa shape index (κ3) is 0.924. The Balaban J connectivity index is 2.39. The predicted molar refractivity (Wildman–Crippen MR) is 30.9 cm³/mol. The predicted octanol–water partition coefficient (Wildman–Crippen LogP) is -0.0758. The highest BCUT2D eigenvalue weighted by Crippen LogP contribution is 2.00. The van der Waals surface area contributed by atoms with E-state index in [-0.39, 0.29) is 0 Å². The van der Waals surface area contributed by atoms with Crippen LogP contribution in [0.2, 0.25) is 0 Å². The van der Waals surface area contributed by atoms with Crippen molar-refractivity contribution in [1.82, 2.24) is 10.2 Å². The number of hydrogen-bond acceptors (Lipinski definition) is 3. The summed E-state index contributed by atoms with van der Waals surface area (Å²) in [6.07, 6.45) is 0. The zero-order valence-electron chi connectivity index (χ0n) is 4.98. The molecule has 0 unspecified atom stereocenters. The summed E-state index contributed by atoms with van der Waals surface area (Å²) in [4.78, 5) is 1.91. The first-order chi connectivity index (χ1) is 3.80. The molecular weight excluding hydrogens is 104 g/mol. The van der Waals surface area contributed by atoms with Gasteiger partial charge in [0.25, 0.3) is 0 Å². The van der Waals surface area contributed by atoms with E-state index >= 15 is 0 Å². The van der Waals surface area contributed by atoms with E-state index in [1.807, 2.05) is 11.9 Å². The van der Waals surface area contributed by atoms with Crippen molar-refractivity contribution in [3.63, 3.8) is 0 Å². The lowest BCUT2D eigenvalue weighted by molar-refractivity contribution is 0.0586. The van der Waals surface area contributed by atoms with Crippen LogP contribution in [0.1, 0.15) is 0 Å². The summed E-state index contributed by atoms with van der Waals surface area (Å²) in [6, 6.07) is 0. The molecule has 1 rings (SSSR count). The molecule has 0 aromatic heterocycles. The molecule has 1 aliphatic heterocycles. The minimum Gasteiger partial charge on any atom is -0.464 e. The molecule has 0 spiro atoms. The van der Waals surface area contributed by atoms with Crippen LogP contribution in [0, 0.1) is 0 Å². The molecule has 1 N–H and O–H groups in total. The van der Waals surface area contributed by atoms with Gasteiger partial charge in [-0.3, -0.25) is 5.32 Å². The summed E-state index contributed by atoms with van der Waals surface area (Å²) in [5, 5.41) is 3.01. The zero-order valence-corrected chi connectivity index (χ0v) is 4.98. The van der Waals surface area contributed by atoms with Gasteiger partial charge in [0.2, 0.25) is 0 Å². The van der Waals surface area contributed by atoms with Crippen LogP contribution in [0.5, 0.6) is 0 Å². The van der Waals surface area contributed by atoms with Crippen molar-refractivity contribution in [2.75, 3.05) is 20.4 Å². The molecule has 0 aromatic carbocycles. The van der Waals surface area contributed by atoms with Crippen LogP contribution in [-0.2, 0) is 4.74 Å². The Hall–Kier alpha value is -0.700. The molecule has 0 atom stereocenters. The van der Waals surface area contributed by atoms with Crippen LogP contribution in [0.4, 0.5) is 0 Å². The molecule has 0 amide bonds. The van der Waals surface area contributed by atoms with Crippen molar-refractivity contribution in [3.05, 3.63) is 12.5 Å². The van der Waals surface area contributed by atoms with Gasteiger partial charge < -0.3 is 9.64 Å². The maximum atomic E-state index is 5.01. The van der Waals surface area contributed by atoms with Crippen LogP contribution < -0.4 is 5.32 Å². The molecule has 0 aromatic rings. The Morgan fingerprint density at radius 1 is 1.88 bits per heavy atom. The fourth-order valence-corrected chi connectivity index (χ4v) is 0.546. The summed E-state index contributed by atoms with van der Waals surface area (Å²) in [5.41, 5.74) is 0. The van der Waals surface area contributed by atoms with Crippen molar-refractivity contribution >= 4 is 0 Å². The summed E-state index contributed by atoms with van der Waals surface area (Å²) in [6.45, 7) is 5.08. The lowest BCUT2D eigenvalue weighted by Crippen LogP contribution is -2.38. The molecule has 0 aliphatic carbocycles. The topological polar surface area (TPSA) is 24.5 Å². The Morgan fingerprint density at radius 3 is 3.00 bits per heavy atom. The Labute approximate surface area is 48.9 Å². The van der Waals surface area contributed by atoms with Gasteiger partial charge in [-0.25, -0.2) is 0 Å². The lowest BCUT2D eigenvalue weighted by atomic mass is 10.7. The van der Waals surface area contributed by atoms with Gasteiger partial charge in [-0.05, 0) is 6.58 Å². The molecule has 1 aliphatic rings. The van der Waals surface area contributed by atoms with E-state index in [1.54, 1.807) is 0 Å². The third-order valence-corrected chi connectivity index (χ3v) is 1.12. The lowest BCUT2D eigenvalue weighted by Gasteiger charge is -2.27. The molecular formula is C5H10N2O. The quantitative estimate of drug-likeness (QED) is 0.477. The Bertz CT molecular complexity index is 103. The first-order valence-corrected chi connectivity index (χ1v) is 2.54. The van der Waals surface area contributed by atoms with Crippen molar-refractivity contribution in [3.8, 4) is 0 Å². The SMILES string of the molecule is C=C1OCNCN1C. The smallest absolute Gasteiger partial charge is 0.184 e. The Morgan fingerprint density at radius 2 is 2.62 bits per heavy atom.